The maximum Gasteiger partial charge on any atom is 0.0700 e. The van der Waals surface area contributed by atoms with Crippen molar-refractivity contribution >= 4 is 34.1 Å². The Morgan fingerprint density at radius 1 is 1.08 bits per heavy atom. The normalized spacial score (nSPS) is 17.2. The lowest BCUT2D eigenvalue weighted by molar-refractivity contribution is 0.110. The molecule has 5 heteroatoms. The zero-order chi connectivity index (χ0) is 17.9. The molecule has 3 aromatic rings. The highest BCUT2D eigenvalue weighted by Crippen LogP contribution is 2.28. The van der Waals surface area contributed by atoms with E-state index in [9.17, 15) is 0 Å². The number of benzene rings is 2. The molecule has 0 saturated carbocycles. The fourth-order valence-corrected chi connectivity index (χ4v) is 4.14. The van der Waals surface area contributed by atoms with Crippen LogP contribution in [0.3, 0.4) is 0 Å². The van der Waals surface area contributed by atoms with Crippen molar-refractivity contribution in [3.63, 3.8) is 0 Å². The summed E-state index contributed by atoms with van der Waals surface area (Å²) in [5.41, 5.74) is 3.43. The summed E-state index contributed by atoms with van der Waals surface area (Å²) >= 11 is 12.7. The van der Waals surface area contributed by atoms with Crippen LogP contribution in [-0.4, -0.2) is 23.8 Å². The summed E-state index contributed by atoms with van der Waals surface area (Å²) in [7, 11) is 0. The highest BCUT2D eigenvalue weighted by Gasteiger charge is 2.16. The van der Waals surface area contributed by atoms with E-state index in [1.54, 1.807) is 0 Å². The van der Waals surface area contributed by atoms with E-state index < -0.39 is 0 Å². The Balaban J connectivity index is 1.57. The molecule has 0 unspecified atom stereocenters. The van der Waals surface area contributed by atoms with Gasteiger partial charge in [-0.3, -0.25) is 0 Å². The summed E-state index contributed by atoms with van der Waals surface area (Å²) in [4.78, 5) is 0. The van der Waals surface area contributed by atoms with E-state index in [2.05, 4.69) is 40.3 Å². The van der Waals surface area contributed by atoms with Gasteiger partial charge >= 0.3 is 0 Å². The minimum atomic E-state index is 0.352. The fraction of sp³-hybridized carbons (Fsp3) is 0.333. The van der Waals surface area contributed by atoms with Gasteiger partial charge in [-0.15, -0.1) is 0 Å². The molecule has 0 aliphatic carbocycles. The molecule has 4 rings (SSSR count). The number of para-hydroxylation sites is 1. The number of nitrogens with zero attached hydrogens (tertiary/aromatic N) is 1. The largest absolute Gasteiger partial charge is 0.377 e. The highest BCUT2D eigenvalue weighted by atomic mass is 35.5. The summed E-state index contributed by atoms with van der Waals surface area (Å²) < 4.78 is 7.92. The lowest BCUT2D eigenvalue weighted by atomic mass is 10.1. The molecule has 0 spiro atoms. The summed E-state index contributed by atoms with van der Waals surface area (Å²) in [6.07, 6.45) is 4.88. The monoisotopic (exact) mass is 388 g/mol. The van der Waals surface area contributed by atoms with Gasteiger partial charge in [-0.2, -0.15) is 0 Å². The molecule has 1 saturated heterocycles. The van der Waals surface area contributed by atoms with Gasteiger partial charge < -0.3 is 14.6 Å². The summed E-state index contributed by atoms with van der Waals surface area (Å²) in [5, 5.41) is 6.21. The second-order valence-corrected chi connectivity index (χ2v) is 7.58. The molecule has 0 bridgehead atoms. The van der Waals surface area contributed by atoms with Crippen molar-refractivity contribution in [1.29, 1.82) is 0 Å². The van der Waals surface area contributed by atoms with Crippen LogP contribution in [0.5, 0.6) is 0 Å². The van der Waals surface area contributed by atoms with E-state index in [4.69, 9.17) is 27.9 Å². The first-order valence-electron chi connectivity index (χ1n) is 9.04. The Hall–Kier alpha value is -1.52. The maximum atomic E-state index is 6.37. The zero-order valence-electron chi connectivity index (χ0n) is 14.6. The summed E-state index contributed by atoms with van der Waals surface area (Å²) in [6.45, 7) is 3.27. The van der Waals surface area contributed by atoms with Crippen molar-refractivity contribution in [2.24, 2.45) is 0 Å². The molecule has 1 aliphatic rings. The number of rotatable bonds is 6. The molecule has 1 aliphatic heterocycles. The molecule has 1 atom stereocenters. The second-order valence-electron chi connectivity index (χ2n) is 6.77. The molecular weight excluding hydrogens is 367 g/mol. The SMILES string of the molecule is Clc1cccc(Cl)c1Cn1cc(CNC[C@H]2CCCO2)c2ccccc21. The molecule has 1 N–H and O–H groups in total. The Morgan fingerprint density at radius 3 is 2.65 bits per heavy atom. The van der Waals surface area contributed by atoms with E-state index in [-0.39, 0.29) is 0 Å². The van der Waals surface area contributed by atoms with Crippen LogP contribution >= 0.6 is 23.2 Å². The van der Waals surface area contributed by atoms with Gasteiger partial charge in [-0.25, -0.2) is 0 Å². The van der Waals surface area contributed by atoms with Crippen LogP contribution in [-0.2, 0) is 17.8 Å². The third-order valence-corrected chi connectivity index (χ3v) is 5.68. The van der Waals surface area contributed by atoms with Gasteiger partial charge in [0.2, 0.25) is 0 Å². The highest BCUT2D eigenvalue weighted by molar-refractivity contribution is 6.36. The topological polar surface area (TPSA) is 26.2 Å². The van der Waals surface area contributed by atoms with Gasteiger partial charge in [0.25, 0.3) is 0 Å². The molecule has 2 aromatic carbocycles. The standard InChI is InChI=1S/C21H22Cl2N2O/c22-19-7-3-8-20(23)18(19)14-25-13-15(17-6-1-2-9-21(17)25)11-24-12-16-5-4-10-26-16/h1-3,6-9,13,16,24H,4-5,10-12,14H2/t16-/m1/s1. The van der Waals surface area contributed by atoms with Crippen molar-refractivity contribution in [3.05, 3.63) is 69.8 Å². The fourth-order valence-electron chi connectivity index (χ4n) is 3.62. The molecule has 26 heavy (non-hydrogen) atoms. The van der Waals surface area contributed by atoms with Gasteiger partial charge in [0.15, 0.2) is 0 Å². The molecule has 0 radical (unpaired) electrons. The molecule has 136 valence electrons. The van der Waals surface area contributed by atoms with Crippen LogP contribution < -0.4 is 5.32 Å². The first-order valence-corrected chi connectivity index (χ1v) is 9.80. The third-order valence-electron chi connectivity index (χ3n) is 4.97. The number of hydrogen-bond donors (Lipinski definition) is 1. The smallest absolute Gasteiger partial charge is 0.0700 e. The number of nitrogens with one attached hydrogen (secondary N) is 1. The number of halogens is 2. The molecule has 2 heterocycles. The molecule has 0 amide bonds. The minimum Gasteiger partial charge on any atom is -0.377 e. The number of ether oxygens (including phenoxy) is 1. The van der Waals surface area contributed by atoms with Crippen molar-refractivity contribution in [2.75, 3.05) is 13.2 Å². The van der Waals surface area contributed by atoms with Gasteiger partial charge in [0, 0.05) is 52.4 Å². The van der Waals surface area contributed by atoms with E-state index in [0.717, 1.165) is 31.7 Å². The molecule has 3 nitrogen and oxygen atoms in total. The summed E-state index contributed by atoms with van der Waals surface area (Å²) in [6, 6.07) is 14.1. The van der Waals surface area contributed by atoms with E-state index in [0.29, 0.717) is 22.7 Å². The predicted octanol–water partition coefficient (Wildman–Crippen LogP) is 5.27. The van der Waals surface area contributed by atoms with Crippen molar-refractivity contribution in [2.45, 2.75) is 32.0 Å². The van der Waals surface area contributed by atoms with Crippen molar-refractivity contribution in [3.8, 4) is 0 Å². The molecule has 1 fully saturated rings. The predicted molar refractivity (Wildman–Crippen MR) is 108 cm³/mol. The van der Waals surface area contributed by atoms with Crippen LogP contribution in [0.25, 0.3) is 10.9 Å². The Labute approximate surface area is 163 Å². The maximum absolute atomic E-state index is 6.37. The number of hydrogen-bond acceptors (Lipinski definition) is 2. The number of fused-ring (bicyclic) bond motifs is 1. The van der Waals surface area contributed by atoms with Gasteiger partial charge in [0.05, 0.1) is 12.6 Å². The Morgan fingerprint density at radius 2 is 1.88 bits per heavy atom. The lowest BCUT2D eigenvalue weighted by Gasteiger charge is -2.10. The minimum absolute atomic E-state index is 0.352. The molecular formula is C21H22Cl2N2O. The van der Waals surface area contributed by atoms with Crippen LogP contribution in [0.1, 0.15) is 24.0 Å². The van der Waals surface area contributed by atoms with Gasteiger partial charge in [-0.1, -0.05) is 47.5 Å². The first-order chi connectivity index (χ1) is 12.7. The van der Waals surface area contributed by atoms with E-state index >= 15 is 0 Å². The average Bonchev–Trinajstić information content (AvgIpc) is 3.27. The first kappa shape index (κ1) is 17.9. The summed E-state index contributed by atoms with van der Waals surface area (Å²) in [5.74, 6) is 0. The van der Waals surface area contributed by atoms with Crippen LogP contribution in [0.2, 0.25) is 10.0 Å². The van der Waals surface area contributed by atoms with E-state index in [1.807, 2.05) is 18.2 Å². The Bertz CT molecular complexity index is 880. The Kier molecular flexibility index (Phi) is 5.51. The average molecular weight is 389 g/mol. The van der Waals surface area contributed by atoms with Crippen LogP contribution in [0.15, 0.2) is 48.7 Å². The van der Waals surface area contributed by atoms with Gasteiger partial charge in [0.1, 0.15) is 0 Å². The van der Waals surface area contributed by atoms with Gasteiger partial charge in [-0.05, 0) is 36.6 Å². The number of aromatic nitrogens is 1. The van der Waals surface area contributed by atoms with Crippen LogP contribution in [0, 0.1) is 0 Å². The molecule has 1 aromatic heterocycles. The second kappa shape index (κ2) is 8.01. The quantitative estimate of drug-likeness (QED) is 0.622. The van der Waals surface area contributed by atoms with Crippen molar-refractivity contribution < 1.29 is 4.74 Å². The third kappa shape index (κ3) is 3.77. The zero-order valence-corrected chi connectivity index (χ0v) is 16.1. The lowest BCUT2D eigenvalue weighted by Crippen LogP contribution is -2.25. The van der Waals surface area contributed by atoms with Crippen molar-refractivity contribution in [1.82, 2.24) is 9.88 Å². The van der Waals surface area contributed by atoms with E-state index in [1.165, 1.54) is 22.9 Å². The van der Waals surface area contributed by atoms with Crippen LogP contribution in [0.4, 0.5) is 0 Å².